The molecule has 21 heavy (non-hydrogen) atoms. The van der Waals surface area contributed by atoms with E-state index >= 15 is 0 Å². The van der Waals surface area contributed by atoms with E-state index in [1.54, 1.807) is 23.1 Å². The van der Waals surface area contributed by atoms with E-state index < -0.39 is 0 Å². The summed E-state index contributed by atoms with van der Waals surface area (Å²) in [5.74, 6) is 0.691. The lowest BCUT2D eigenvalue weighted by molar-refractivity contribution is 0.249. The van der Waals surface area contributed by atoms with Crippen LogP contribution in [0.15, 0.2) is 36.8 Å². The van der Waals surface area contributed by atoms with Crippen LogP contribution in [0, 0.1) is 0 Å². The summed E-state index contributed by atoms with van der Waals surface area (Å²) in [5.41, 5.74) is 1.09. The number of pyridine rings is 1. The van der Waals surface area contributed by atoms with Crippen molar-refractivity contribution in [2.45, 2.75) is 39.3 Å². The third-order valence-corrected chi connectivity index (χ3v) is 3.04. The average Bonchev–Trinajstić information content (AvgIpc) is 2.87. The van der Waals surface area contributed by atoms with Gasteiger partial charge >= 0.3 is 6.03 Å². The fourth-order valence-corrected chi connectivity index (χ4v) is 2.12. The van der Waals surface area contributed by atoms with E-state index in [2.05, 4.69) is 20.7 Å². The molecule has 0 fully saturated rings. The maximum Gasteiger partial charge on any atom is 0.320 e. The molecule has 0 spiro atoms. The normalized spacial score (nSPS) is 12.2. The number of hydrogen-bond acceptors (Lipinski definition) is 3. The number of nitrogens with zero attached hydrogens (tertiary/aromatic N) is 3. The number of rotatable bonds is 5. The largest absolute Gasteiger partial charge is 0.335 e. The molecule has 2 heterocycles. The van der Waals surface area contributed by atoms with Crippen molar-refractivity contribution in [2.24, 2.45) is 0 Å². The van der Waals surface area contributed by atoms with E-state index in [9.17, 15) is 4.79 Å². The summed E-state index contributed by atoms with van der Waals surface area (Å²) in [6, 6.07) is 5.66. The van der Waals surface area contributed by atoms with Crippen LogP contribution in [0.2, 0.25) is 0 Å². The monoisotopic (exact) mass is 287 g/mol. The molecule has 2 N–H and O–H groups in total. The van der Waals surface area contributed by atoms with E-state index in [0.29, 0.717) is 5.82 Å². The van der Waals surface area contributed by atoms with Crippen LogP contribution in [0.4, 0.5) is 10.6 Å². The van der Waals surface area contributed by atoms with Crippen LogP contribution in [0.25, 0.3) is 0 Å². The van der Waals surface area contributed by atoms with Gasteiger partial charge in [-0.25, -0.2) is 9.48 Å². The molecule has 0 saturated heterocycles. The van der Waals surface area contributed by atoms with Gasteiger partial charge in [0.15, 0.2) is 0 Å². The SMILES string of the molecule is CC(C)n1nccc1NC(=O)N[C@@H](C)Cc1cccnc1. The van der Waals surface area contributed by atoms with E-state index in [0.717, 1.165) is 12.0 Å². The molecular weight excluding hydrogens is 266 g/mol. The van der Waals surface area contributed by atoms with E-state index in [-0.39, 0.29) is 18.1 Å². The van der Waals surface area contributed by atoms with Crippen molar-refractivity contribution >= 4 is 11.8 Å². The number of nitrogens with one attached hydrogen (secondary N) is 2. The molecule has 112 valence electrons. The summed E-state index contributed by atoms with van der Waals surface area (Å²) in [5, 5.41) is 9.92. The minimum Gasteiger partial charge on any atom is -0.335 e. The van der Waals surface area contributed by atoms with Crippen LogP contribution >= 0.6 is 0 Å². The van der Waals surface area contributed by atoms with E-state index in [1.807, 2.05) is 39.1 Å². The molecule has 0 saturated carbocycles. The van der Waals surface area contributed by atoms with Crippen LogP contribution < -0.4 is 10.6 Å². The lowest BCUT2D eigenvalue weighted by Gasteiger charge is -2.16. The number of carbonyl (C=O) groups excluding carboxylic acids is 1. The molecule has 6 nitrogen and oxygen atoms in total. The van der Waals surface area contributed by atoms with Crippen molar-refractivity contribution in [3.8, 4) is 0 Å². The van der Waals surface area contributed by atoms with Gasteiger partial charge in [0, 0.05) is 30.5 Å². The molecule has 1 atom stereocenters. The third kappa shape index (κ3) is 4.30. The second kappa shape index (κ2) is 6.88. The summed E-state index contributed by atoms with van der Waals surface area (Å²) in [6.07, 6.45) is 5.96. The highest BCUT2D eigenvalue weighted by molar-refractivity contribution is 5.88. The molecule has 0 aliphatic heterocycles. The highest BCUT2D eigenvalue weighted by Crippen LogP contribution is 2.12. The van der Waals surface area contributed by atoms with Crippen LogP contribution in [-0.4, -0.2) is 26.8 Å². The Bertz CT molecular complexity index is 579. The van der Waals surface area contributed by atoms with Crippen LogP contribution in [0.3, 0.4) is 0 Å². The zero-order valence-corrected chi connectivity index (χ0v) is 12.6. The van der Waals surface area contributed by atoms with E-state index in [4.69, 9.17) is 0 Å². The van der Waals surface area contributed by atoms with Crippen molar-refractivity contribution in [1.29, 1.82) is 0 Å². The van der Waals surface area contributed by atoms with Crippen molar-refractivity contribution < 1.29 is 4.79 Å². The highest BCUT2D eigenvalue weighted by atomic mass is 16.2. The van der Waals surface area contributed by atoms with Crippen LogP contribution in [-0.2, 0) is 6.42 Å². The predicted molar refractivity (Wildman–Crippen MR) is 82.2 cm³/mol. The Morgan fingerprint density at radius 1 is 1.29 bits per heavy atom. The topological polar surface area (TPSA) is 71.8 Å². The molecule has 2 aromatic heterocycles. The first-order valence-electron chi connectivity index (χ1n) is 7.06. The van der Waals surface area contributed by atoms with Crippen molar-refractivity contribution in [2.75, 3.05) is 5.32 Å². The van der Waals surface area contributed by atoms with Gasteiger partial charge < -0.3 is 5.32 Å². The highest BCUT2D eigenvalue weighted by Gasteiger charge is 2.11. The summed E-state index contributed by atoms with van der Waals surface area (Å²) in [6.45, 7) is 5.99. The average molecular weight is 287 g/mol. The Labute approximate surface area is 124 Å². The number of anilines is 1. The summed E-state index contributed by atoms with van der Waals surface area (Å²) in [4.78, 5) is 16.1. The third-order valence-electron chi connectivity index (χ3n) is 3.04. The Balaban J connectivity index is 1.88. The standard InChI is InChI=1S/C15H21N5O/c1-11(2)20-14(6-8-17-20)19-15(21)18-12(3)9-13-5-4-7-16-10-13/h4-8,10-12H,9H2,1-3H3,(H2,18,19,21)/t12-/m0/s1. The lowest BCUT2D eigenvalue weighted by Crippen LogP contribution is -2.37. The van der Waals surface area contributed by atoms with Crippen LogP contribution in [0.5, 0.6) is 0 Å². The van der Waals surface area contributed by atoms with Gasteiger partial charge in [-0.3, -0.25) is 10.3 Å². The summed E-state index contributed by atoms with van der Waals surface area (Å²) >= 11 is 0. The first-order valence-corrected chi connectivity index (χ1v) is 7.06. The van der Waals surface area contributed by atoms with Gasteiger partial charge in [0.25, 0.3) is 0 Å². The molecular formula is C15H21N5O. The smallest absolute Gasteiger partial charge is 0.320 e. The van der Waals surface area contributed by atoms with Crippen molar-refractivity contribution in [1.82, 2.24) is 20.1 Å². The molecule has 0 unspecified atom stereocenters. The van der Waals surface area contributed by atoms with Gasteiger partial charge in [0.2, 0.25) is 0 Å². The molecule has 2 amide bonds. The van der Waals surface area contributed by atoms with Gasteiger partial charge in [-0.2, -0.15) is 5.10 Å². The number of carbonyl (C=O) groups is 1. The number of amides is 2. The molecule has 0 radical (unpaired) electrons. The van der Waals surface area contributed by atoms with Crippen molar-refractivity contribution in [3.05, 3.63) is 42.4 Å². The van der Waals surface area contributed by atoms with Gasteiger partial charge in [0.1, 0.15) is 5.82 Å². The first kappa shape index (κ1) is 15.0. The minimum atomic E-state index is -0.228. The van der Waals surface area contributed by atoms with Crippen LogP contribution in [0.1, 0.15) is 32.4 Å². The van der Waals surface area contributed by atoms with Gasteiger partial charge in [-0.15, -0.1) is 0 Å². The number of hydrogen-bond donors (Lipinski definition) is 2. The molecule has 6 heteroatoms. The molecule has 0 aromatic carbocycles. The first-order chi connectivity index (χ1) is 10.1. The molecule has 2 rings (SSSR count). The molecule has 2 aromatic rings. The Morgan fingerprint density at radius 2 is 2.10 bits per heavy atom. The van der Waals surface area contributed by atoms with Gasteiger partial charge in [0.05, 0.1) is 6.20 Å². The molecule has 0 aliphatic carbocycles. The Morgan fingerprint density at radius 3 is 2.76 bits per heavy atom. The number of aromatic nitrogens is 3. The van der Waals surface area contributed by atoms with Gasteiger partial charge in [-0.05, 0) is 38.8 Å². The fourth-order valence-electron chi connectivity index (χ4n) is 2.12. The quantitative estimate of drug-likeness (QED) is 0.888. The Kier molecular flexibility index (Phi) is 4.92. The maximum absolute atomic E-state index is 12.0. The molecule has 0 aliphatic rings. The minimum absolute atomic E-state index is 0.0182. The fraction of sp³-hybridized carbons (Fsp3) is 0.400. The van der Waals surface area contributed by atoms with E-state index in [1.165, 1.54) is 0 Å². The lowest BCUT2D eigenvalue weighted by atomic mass is 10.1. The zero-order chi connectivity index (χ0) is 15.2. The van der Waals surface area contributed by atoms with Crippen molar-refractivity contribution in [3.63, 3.8) is 0 Å². The summed E-state index contributed by atoms with van der Waals surface area (Å²) < 4.78 is 1.77. The van der Waals surface area contributed by atoms with Gasteiger partial charge in [-0.1, -0.05) is 6.07 Å². The second-order valence-electron chi connectivity index (χ2n) is 5.32. The summed E-state index contributed by atoms with van der Waals surface area (Å²) in [7, 11) is 0. The maximum atomic E-state index is 12.0. The molecule has 0 bridgehead atoms. The number of urea groups is 1. The predicted octanol–water partition coefficient (Wildman–Crippen LogP) is 2.61. The Hall–Kier alpha value is -2.37. The zero-order valence-electron chi connectivity index (χ0n) is 12.6. The second-order valence-corrected chi connectivity index (χ2v) is 5.32.